The van der Waals surface area contributed by atoms with E-state index in [1.807, 2.05) is 55.5 Å². The molecule has 1 amide bonds. The minimum absolute atomic E-state index is 0.00838. The smallest absolute Gasteiger partial charge is 0.292 e. The van der Waals surface area contributed by atoms with Gasteiger partial charge in [-0.15, -0.1) is 0 Å². The first-order chi connectivity index (χ1) is 14.3. The van der Waals surface area contributed by atoms with Crippen LogP contribution in [0.4, 0.5) is 11.4 Å². The summed E-state index contributed by atoms with van der Waals surface area (Å²) in [6.45, 7) is 2.21. The number of nitrogens with two attached hydrogens (primary N) is 1. The summed E-state index contributed by atoms with van der Waals surface area (Å²) in [5.41, 5.74) is 8.05. The molecule has 0 fully saturated rings. The molecule has 7 heteroatoms. The number of rotatable bonds is 7. The van der Waals surface area contributed by atoms with Crippen LogP contribution in [0.2, 0.25) is 0 Å². The predicted molar refractivity (Wildman–Crippen MR) is 115 cm³/mol. The fraction of sp³-hybridized carbons (Fsp3) is 0.174. The number of nitrogen functional groups attached to an aromatic ring is 1. The Morgan fingerprint density at radius 2 is 1.83 bits per heavy atom. The Labute approximate surface area is 174 Å². The van der Waals surface area contributed by atoms with E-state index in [9.17, 15) is 20.0 Å². The molecular formula is C23H23N3O4. The number of aryl methyl sites for hydroxylation is 1. The number of hydrogen-bond acceptors (Lipinski definition) is 5. The molecule has 3 aromatic rings. The van der Waals surface area contributed by atoms with Gasteiger partial charge < -0.3 is 15.7 Å². The second kappa shape index (κ2) is 9.19. The number of nitro benzene ring substituents is 1. The number of aliphatic hydroxyl groups is 1. The lowest BCUT2D eigenvalue weighted by Gasteiger charge is -2.26. The Kier molecular flexibility index (Phi) is 6.44. The van der Waals surface area contributed by atoms with E-state index in [0.717, 1.165) is 11.1 Å². The van der Waals surface area contributed by atoms with E-state index >= 15 is 0 Å². The van der Waals surface area contributed by atoms with E-state index in [1.54, 1.807) is 6.07 Å². The third kappa shape index (κ3) is 5.01. The average molecular weight is 405 g/mol. The molecule has 3 aromatic carbocycles. The number of carbonyl (C=O) groups excluding carboxylic acids is 1. The van der Waals surface area contributed by atoms with E-state index in [-0.39, 0.29) is 30.0 Å². The zero-order chi connectivity index (χ0) is 21.7. The highest BCUT2D eigenvalue weighted by atomic mass is 16.6. The summed E-state index contributed by atoms with van der Waals surface area (Å²) in [6, 6.07) is 20.8. The summed E-state index contributed by atoms with van der Waals surface area (Å²) < 4.78 is 0. The number of amides is 1. The highest BCUT2D eigenvalue weighted by Crippen LogP contribution is 2.25. The largest absolute Gasteiger partial charge is 0.393 e. The molecule has 30 heavy (non-hydrogen) atoms. The number of nitrogens with zero attached hydrogens (tertiary/aromatic N) is 2. The highest BCUT2D eigenvalue weighted by molar-refractivity contribution is 5.95. The average Bonchev–Trinajstić information content (AvgIpc) is 2.73. The molecule has 0 heterocycles. The third-order valence-corrected chi connectivity index (χ3v) is 4.80. The van der Waals surface area contributed by atoms with Crippen molar-refractivity contribution in [2.24, 2.45) is 0 Å². The van der Waals surface area contributed by atoms with Crippen molar-refractivity contribution in [1.29, 1.82) is 0 Å². The van der Waals surface area contributed by atoms with E-state index in [1.165, 1.54) is 23.1 Å². The Morgan fingerprint density at radius 3 is 2.50 bits per heavy atom. The third-order valence-electron chi connectivity index (χ3n) is 4.80. The molecule has 0 aromatic heterocycles. The highest BCUT2D eigenvalue weighted by Gasteiger charge is 2.23. The van der Waals surface area contributed by atoms with Crippen molar-refractivity contribution < 1.29 is 14.8 Å². The summed E-state index contributed by atoms with van der Waals surface area (Å²) in [7, 11) is 0. The lowest BCUT2D eigenvalue weighted by Crippen LogP contribution is -2.34. The lowest BCUT2D eigenvalue weighted by atomic mass is 10.0. The van der Waals surface area contributed by atoms with Crippen molar-refractivity contribution in [3.8, 4) is 0 Å². The van der Waals surface area contributed by atoms with Gasteiger partial charge in [-0.05, 0) is 30.2 Å². The molecule has 0 radical (unpaired) electrons. The van der Waals surface area contributed by atoms with Gasteiger partial charge in [0.2, 0.25) is 0 Å². The molecule has 3 N–H and O–H groups in total. The topological polar surface area (TPSA) is 110 Å². The van der Waals surface area contributed by atoms with Crippen LogP contribution in [-0.4, -0.2) is 27.4 Å². The minimum atomic E-state index is -0.902. The maximum atomic E-state index is 13.2. The summed E-state index contributed by atoms with van der Waals surface area (Å²) in [5, 5.41) is 22.0. The van der Waals surface area contributed by atoms with Crippen molar-refractivity contribution >= 4 is 17.3 Å². The van der Waals surface area contributed by atoms with Crippen molar-refractivity contribution in [2.75, 3.05) is 12.3 Å². The van der Waals surface area contributed by atoms with Gasteiger partial charge in [0, 0.05) is 18.2 Å². The predicted octanol–water partition coefficient (Wildman–Crippen LogP) is 3.86. The maximum Gasteiger partial charge on any atom is 0.292 e. The summed E-state index contributed by atoms with van der Waals surface area (Å²) >= 11 is 0. The van der Waals surface area contributed by atoms with E-state index in [4.69, 9.17) is 5.73 Å². The number of nitro groups is 1. The number of benzene rings is 3. The Bertz CT molecular complexity index is 1050. The summed E-state index contributed by atoms with van der Waals surface area (Å²) in [6.07, 6.45) is -0.902. The maximum absolute atomic E-state index is 13.2. The SMILES string of the molecule is Cc1cccc([C@@H](O)CN(Cc2ccccc2)C(=O)c2ccc(N)c([N+](=O)[O-])c2)c1. The second-order valence-electron chi connectivity index (χ2n) is 7.13. The quantitative estimate of drug-likeness (QED) is 0.352. The van der Waals surface area contributed by atoms with Crippen LogP contribution in [-0.2, 0) is 6.54 Å². The molecule has 1 atom stereocenters. The van der Waals surface area contributed by atoms with Crippen LogP contribution >= 0.6 is 0 Å². The van der Waals surface area contributed by atoms with Gasteiger partial charge in [-0.2, -0.15) is 0 Å². The van der Waals surface area contributed by atoms with E-state index < -0.39 is 16.9 Å². The molecule has 0 bridgehead atoms. The van der Waals surface area contributed by atoms with Gasteiger partial charge in [-0.3, -0.25) is 14.9 Å². The number of hydrogen-bond donors (Lipinski definition) is 2. The summed E-state index contributed by atoms with van der Waals surface area (Å²) in [5.74, 6) is -0.423. The monoisotopic (exact) mass is 405 g/mol. The second-order valence-corrected chi connectivity index (χ2v) is 7.13. The fourth-order valence-corrected chi connectivity index (χ4v) is 3.23. The molecule has 0 unspecified atom stereocenters. The molecule has 3 rings (SSSR count). The number of anilines is 1. The van der Waals surface area contributed by atoms with Crippen LogP contribution in [0.3, 0.4) is 0 Å². The van der Waals surface area contributed by atoms with Gasteiger partial charge in [-0.25, -0.2) is 0 Å². The van der Waals surface area contributed by atoms with Gasteiger partial charge >= 0.3 is 0 Å². The van der Waals surface area contributed by atoms with Crippen molar-refractivity contribution in [1.82, 2.24) is 4.90 Å². The van der Waals surface area contributed by atoms with Crippen molar-refractivity contribution in [3.05, 3.63) is 105 Å². The van der Waals surface area contributed by atoms with Crippen LogP contribution in [0.25, 0.3) is 0 Å². The molecular weight excluding hydrogens is 382 g/mol. The lowest BCUT2D eigenvalue weighted by molar-refractivity contribution is -0.383. The Morgan fingerprint density at radius 1 is 1.10 bits per heavy atom. The van der Waals surface area contributed by atoms with Crippen LogP contribution in [0.5, 0.6) is 0 Å². The first-order valence-electron chi connectivity index (χ1n) is 9.47. The Hall–Kier alpha value is -3.71. The first-order valence-corrected chi connectivity index (χ1v) is 9.47. The molecule has 0 aliphatic carbocycles. The van der Waals surface area contributed by atoms with Gasteiger partial charge in [0.25, 0.3) is 11.6 Å². The number of aliphatic hydroxyl groups excluding tert-OH is 1. The van der Waals surface area contributed by atoms with Gasteiger partial charge in [0.05, 0.1) is 17.6 Å². The minimum Gasteiger partial charge on any atom is -0.393 e. The Balaban J connectivity index is 1.91. The number of carbonyl (C=O) groups is 1. The summed E-state index contributed by atoms with van der Waals surface area (Å²) in [4.78, 5) is 25.3. The molecule has 0 saturated carbocycles. The molecule has 0 aliphatic rings. The van der Waals surface area contributed by atoms with Crippen LogP contribution < -0.4 is 5.73 Å². The van der Waals surface area contributed by atoms with Crippen molar-refractivity contribution in [3.63, 3.8) is 0 Å². The molecule has 0 saturated heterocycles. The van der Waals surface area contributed by atoms with Gasteiger partial charge in [0.15, 0.2) is 0 Å². The van der Waals surface area contributed by atoms with Gasteiger partial charge in [-0.1, -0.05) is 60.2 Å². The zero-order valence-corrected chi connectivity index (χ0v) is 16.6. The molecule has 0 spiro atoms. The van der Waals surface area contributed by atoms with Crippen molar-refractivity contribution in [2.45, 2.75) is 19.6 Å². The van der Waals surface area contributed by atoms with E-state index in [2.05, 4.69) is 0 Å². The van der Waals surface area contributed by atoms with Gasteiger partial charge in [0.1, 0.15) is 5.69 Å². The standard InChI is InChI=1S/C23H23N3O4/c1-16-6-5-9-18(12-16)22(27)15-25(14-17-7-3-2-4-8-17)23(28)19-10-11-20(24)21(13-19)26(29)30/h2-13,22,27H,14-15,24H2,1H3/t22-/m0/s1. The van der Waals surface area contributed by atoms with E-state index in [0.29, 0.717) is 5.56 Å². The van der Waals surface area contributed by atoms with Crippen LogP contribution in [0, 0.1) is 17.0 Å². The molecule has 7 nitrogen and oxygen atoms in total. The molecule has 154 valence electrons. The fourth-order valence-electron chi connectivity index (χ4n) is 3.23. The molecule has 0 aliphatic heterocycles. The normalized spacial score (nSPS) is 11.7. The van der Waals surface area contributed by atoms with Crippen LogP contribution in [0.15, 0.2) is 72.8 Å². The van der Waals surface area contributed by atoms with Crippen LogP contribution in [0.1, 0.15) is 33.2 Å². The zero-order valence-electron chi connectivity index (χ0n) is 16.6. The first kappa shape index (κ1) is 21.0.